The summed E-state index contributed by atoms with van der Waals surface area (Å²) in [6.07, 6.45) is -0.685. The van der Waals surface area contributed by atoms with Crippen molar-refractivity contribution < 1.29 is 19.1 Å². The predicted molar refractivity (Wildman–Crippen MR) is 64.6 cm³/mol. The second-order valence-electron chi connectivity index (χ2n) is 5.13. The first-order chi connectivity index (χ1) is 8.17. The van der Waals surface area contributed by atoms with Crippen LogP contribution >= 0.6 is 0 Å². The standard InChI is InChI=1S/C12H20N2O4/c1-8(2)9(10(15)17-7-6-13)14-11(16)18-12(3,4)5/h8-9H,7H2,1-5H3,(H,14,16)/t9-/m0/s1. The van der Waals surface area contributed by atoms with Crippen molar-refractivity contribution in [2.75, 3.05) is 6.61 Å². The Kier molecular flexibility index (Phi) is 6.17. The zero-order chi connectivity index (χ0) is 14.3. The first-order valence-corrected chi connectivity index (χ1v) is 5.70. The van der Waals surface area contributed by atoms with Crippen LogP contribution in [0.1, 0.15) is 34.6 Å². The summed E-state index contributed by atoms with van der Waals surface area (Å²) in [4.78, 5) is 23.1. The molecule has 1 amide bonds. The van der Waals surface area contributed by atoms with Crippen molar-refractivity contribution in [3.8, 4) is 6.07 Å². The van der Waals surface area contributed by atoms with Gasteiger partial charge in [0.25, 0.3) is 0 Å². The number of nitriles is 1. The van der Waals surface area contributed by atoms with Crippen molar-refractivity contribution >= 4 is 12.1 Å². The fourth-order valence-corrected chi connectivity index (χ4v) is 1.13. The van der Waals surface area contributed by atoms with Gasteiger partial charge in [-0.1, -0.05) is 13.8 Å². The lowest BCUT2D eigenvalue weighted by Crippen LogP contribution is -2.47. The molecule has 6 heteroatoms. The molecule has 0 aliphatic heterocycles. The van der Waals surface area contributed by atoms with E-state index in [-0.39, 0.29) is 12.5 Å². The Morgan fingerprint density at radius 2 is 1.89 bits per heavy atom. The van der Waals surface area contributed by atoms with Gasteiger partial charge in [0.15, 0.2) is 6.61 Å². The third-order valence-electron chi connectivity index (χ3n) is 1.87. The minimum atomic E-state index is -0.826. The van der Waals surface area contributed by atoms with E-state index in [2.05, 4.69) is 10.1 Å². The molecule has 1 N–H and O–H groups in total. The first-order valence-electron chi connectivity index (χ1n) is 5.70. The lowest BCUT2D eigenvalue weighted by Gasteiger charge is -2.24. The van der Waals surface area contributed by atoms with Gasteiger partial charge in [0, 0.05) is 0 Å². The number of ether oxygens (including phenoxy) is 2. The van der Waals surface area contributed by atoms with Crippen molar-refractivity contribution in [3.05, 3.63) is 0 Å². The summed E-state index contributed by atoms with van der Waals surface area (Å²) < 4.78 is 9.73. The molecule has 0 bridgehead atoms. The van der Waals surface area contributed by atoms with Crippen molar-refractivity contribution in [1.29, 1.82) is 5.26 Å². The number of esters is 1. The fourth-order valence-electron chi connectivity index (χ4n) is 1.13. The van der Waals surface area contributed by atoms with E-state index in [1.165, 1.54) is 0 Å². The Morgan fingerprint density at radius 1 is 1.33 bits per heavy atom. The van der Waals surface area contributed by atoms with Crippen LogP contribution in [0.15, 0.2) is 0 Å². The van der Waals surface area contributed by atoms with Crippen LogP contribution in [0.3, 0.4) is 0 Å². The molecule has 0 aromatic carbocycles. The van der Waals surface area contributed by atoms with E-state index < -0.39 is 23.7 Å². The van der Waals surface area contributed by atoms with Crippen molar-refractivity contribution in [3.63, 3.8) is 0 Å². The van der Waals surface area contributed by atoms with E-state index in [4.69, 9.17) is 10.00 Å². The Morgan fingerprint density at radius 3 is 2.28 bits per heavy atom. The highest BCUT2D eigenvalue weighted by Crippen LogP contribution is 2.09. The zero-order valence-corrected chi connectivity index (χ0v) is 11.4. The number of rotatable bonds is 4. The molecule has 0 fully saturated rings. The molecule has 102 valence electrons. The quantitative estimate of drug-likeness (QED) is 0.772. The summed E-state index contributed by atoms with van der Waals surface area (Å²) in [5.74, 6) is -0.805. The maximum absolute atomic E-state index is 11.6. The molecule has 0 rings (SSSR count). The number of carbonyl (C=O) groups is 2. The van der Waals surface area contributed by atoms with Gasteiger partial charge in [-0.2, -0.15) is 5.26 Å². The van der Waals surface area contributed by atoms with Gasteiger partial charge in [-0.3, -0.25) is 0 Å². The molecule has 0 aliphatic rings. The molecule has 0 saturated carbocycles. The number of amides is 1. The first kappa shape index (κ1) is 16.2. The maximum Gasteiger partial charge on any atom is 0.408 e. The van der Waals surface area contributed by atoms with Gasteiger partial charge in [-0.25, -0.2) is 9.59 Å². The lowest BCUT2D eigenvalue weighted by molar-refractivity contribution is -0.145. The van der Waals surface area contributed by atoms with Crippen molar-refractivity contribution in [1.82, 2.24) is 5.32 Å². The molecule has 18 heavy (non-hydrogen) atoms. The highest BCUT2D eigenvalue weighted by molar-refractivity contribution is 5.81. The Bertz CT molecular complexity index is 339. The topological polar surface area (TPSA) is 88.4 Å². The summed E-state index contributed by atoms with van der Waals surface area (Å²) in [5.41, 5.74) is -0.637. The van der Waals surface area contributed by atoms with Crippen LogP contribution in [0.25, 0.3) is 0 Å². The van der Waals surface area contributed by atoms with E-state index in [0.717, 1.165) is 0 Å². The number of nitrogens with one attached hydrogen (secondary N) is 1. The van der Waals surface area contributed by atoms with Crippen LogP contribution in [0, 0.1) is 17.2 Å². The maximum atomic E-state index is 11.6. The van der Waals surface area contributed by atoms with Gasteiger partial charge in [-0.15, -0.1) is 0 Å². The molecule has 0 saturated heterocycles. The number of hydrogen-bond donors (Lipinski definition) is 1. The highest BCUT2D eigenvalue weighted by Gasteiger charge is 2.27. The van der Waals surface area contributed by atoms with Crippen LogP contribution in [0.4, 0.5) is 4.79 Å². The van der Waals surface area contributed by atoms with Gasteiger partial charge in [0.1, 0.15) is 17.7 Å². The lowest BCUT2D eigenvalue weighted by atomic mass is 10.1. The van der Waals surface area contributed by atoms with Crippen LogP contribution in [-0.4, -0.2) is 30.3 Å². The fraction of sp³-hybridized carbons (Fsp3) is 0.750. The van der Waals surface area contributed by atoms with Crippen LogP contribution in [0.2, 0.25) is 0 Å². The summed E-state index contributed by atoms with van der Waals surface area (Å²) in [6, 6.07) is 0.871. The largest absolute Gasteiger partial charge is 0.449 e. The second-order valence-corrected chi connectivity index (χ2v) is 5.13. The minimum Gasteiger partial charge on any atom is -0.449 e. The van der Waals surface area contributed by atoms with Crippen molar-refractivity contribution in [2.45, 2.75) is 46.3 Å². The predicted octanol–water partition coefficient (Wildman–Crippen LogP) is 1.60. The SMILES string of the molecule is CC(C)[C@H](NC(=O)OC(C)(C)C)C(=O)OCC#N. The number of alkyl carbamates (subject to hydrolysis) is 1. The van der Waals surface area contributed by atoms with Gasteiger partial charge in [-0.05, 0) is 26.7 Å². The second kappa shape index (κ2) is 6.84. The Labute approximate surface area is 107 Å². The molecule has 0 radical (unpaired) electrons. The number of carbonyl (C=O) groups excluding carboxylic acids is 2. The summed E-state index contributed by atoms with van der Waals surface area (Å²) in [6.45, 7) is 8.37. The molecule has 1 atom stereocenters. The highest BCUT2D eigenvalue weighted by atomic mass is 16.6. The molecule has 6 nitrogen and oxygen atoms in total. The van der Waals surface area contributed by atoms with Crippen LogP contribution < -0.4 is 5.32 Å². The minimum absolute atomic E-state index is 0.163. The van der Waals surface area contributed by atoms with Gasteiger partial charge >= 0.3 is 12.1 Å². The van der Waals surface area contributed by atoms with E-state index >= 15 is 0 Å². The summed E-state index contributed by atoms with van der Waals surface area (Å²) >= 11 is 0. The van der Waals surface area contributed by atoms with Gasteiger partial charge in [0.05, 0.1) is 0 Å². The zero-order valence-electron chi connectivity index (χ0n) is 11.4. The average molecular weight is 256 g/mol. The molecular weight excluding hydrogens is 236 g/mol. The normalized spacial score (nSPS) is 12.5. The third kappa shape index (κ3) is 6.74. The number of nitrogens with zero attached hydrogens (tertiary/aromatic N) is 1. The summed E-state index contributed by atoms with van der Waals surface area (Å²) in [7, 11) is 0. The van der Waals surface area contributed by atoms with E-state index in [1.54, 1.807) is 40.7 Å². The van der Waals surface area contributed by atoms with E-state index in [9.17, 15) is 9.59 Å². The molecule has 0 unspecified atom stereocenters. The molecule has 0 aliphatic carbocycles. The molecule has 0 spiro atoms. The number of hydrogen-bond acceptors (Lipinski definition) is 5. The Hall–Kier alpha value is -1.77. The average Bonchev–Trinajstić information content (AvgIpc) is 2.19. The summed E-state index contributed by atoms with van der Waals surface area (Å²) in [5, 5.41) is 10.8. The molecule has 0 aromatic heterocycles. The third-order valence-corrected chi connectivity index (χ3v) is 1.87. The van der Waals surface area contributed by atoms with E-state index in [0.29, 0.717) is 0 Å². The smallest absolute Gasteiger partial charge is 0.408 e. The monoisotopic (exact) mass is 256 g/mol. The molecular formula is C12H20N2O4. The van der Waals surface area contributed by atoms with Gasteiger partial charge in [0.2, 0.25) is 0 Å². The van der Waals surface area contributed by atoms with Gasteiger partial charge < -0.3 is 14.8 Å². The van der Waals surface area contributed by atoms with E-state index in [1.807, 2.05) is 0 Å². The molecule has 0 heterocycles. The van der Waals surface area contributed by atoms with Crippen molar-refractivity contribution in [2.24, 2.45) is 5.92 Å². The van der Waals surface area contributed by atoms with Crippen LogP contribution in [0.5, 0.6) is 0 Å². The van der Waals surface area contributed by atoms with Crippen LogP contribution in [-0.2, 0) is 14.3 Å². The Balaban J connectivity index is 4.50. The molecule has 0 aromatic rings.